The van der Waals surface area contributed by atoms with Crippen molar-refractivity contribution in [2.24, 2.45) is 5.92 Å². The lowest BCUT2D eigenvalue weighted by Crippen LogP contribution is -2.50. The van der Waals surface area contributed by atoms with Gasteiger partial charge < -0.3 is 15.2 Å². The Hall–Kier alpha value is -1.14. The SMILES string of the molecule is CCC(C)(C)NC(=O)CN(C)C1COCC1C(=O)O. The molecule has 0 aliphatic carbocycles. The number of nitrogens with one attached hydrogen (secondary N) is 1. The lowest BCUT2D eigenvalue weighted by atomic mass is 10.0. The van der Waals surface area contributed by atoms with Gasteiger partial charge in [0.1, 0.15) is 0 Å². The number of carboxylic acids is 1. The zero-order valence-corrected chi connectivity index (χ0v) is 12.1. The molecule has 1 rings (SSSR count). The molecule has 0 aromatic rings. The molecule has 0 saturated carbocycles. The minimum absolute atomic E-state index is 0.0922. The molecule has 6 nitrogen and oxygen atoms in total. The van der Waals surface area contributed by atoms with E-state index in [9.17, 15) is 9.59 Å². The molecular weight excluding hydrogens is 248 g/mol. The van der Waals surface area contributed by atoms with Crippen molar-refractivity contribution in [2.45, 2.75) is 38.8 Å². The van der Waals surface area contributed by atoms with Crippen LogP contribution >= 0.6 is 0 Å². The van der Waals surface area contributed by atoms with Crippen LogP contribution < -0.4 is 5.32 Å². The summed E-state index contributed by atoms with van der Waals surface area (Å²) < 4.78 is 5.20. The smallest absolute Gasteiger partial charge is 0.310 e. The number of hydrogen-bond acceptors (Lipinski definition) is 4. The number of carbonyl (C=O) groups excluding carboxylic acids is 1. The van der Waals surface area contributed by atoms with Gasteiger partial charge in [0.15, 0.2) is 0 Å². The zero-order chi connectivity index (χ0) is 14.6. The molecule has 1 aliphatic heterocycles. The highest BCUT2D eigenvalue weighted by molar-refractivity contribution is 5.79. The van der Waals surface area contributed by atoms with Gasteiger partial charge in [0, 0.05) is 11.6 Å². The number of ether oxygens (including phenoxy) is 1. The quantitative estimate of drug-likeness (QED) is 0.728. The lowest BCUT2D eigenvalue weighted by Gasteiger charge is -2.29. The van der Waals surface area contributed by atoms with Crippen molar-refractivity contribution in [3.05, 3.63) is 0 Å². The Balaban J connectivity index is 2.52. The van der Waals surface area contributed by atoms with Crippen molar-refractivity contribution in [3.8, 4) is 0 Å². The van der Waals surface area contributed by atoms with Crippen LogP contribution in [0.15, 0.2) is 0 Å². The maximum absolute atomic E-state index is 11.9. The summed E-state index contributed by atoms with van der Waals surface area (Å²) in [6.07, 6.45) is 0.840. The molecule has 6 heteroatoms. The van der Waals surface area contributed by atoms with Gasteiger partial charge in [-0.1, -0.05) is 6.92 Å². The van der Waals surface area contributed by atoms with Crippen LogP contribution in [0.2, 0.25) is 0 Å². The second-order valence-corrected chi connectivity index (χ2v) is 5.75. The number of carbonyl (C=O) groups is 2. The normalized spacial score (nSPS) is 23.6. The summed E-state index contributed by atoms with van der Waals surface area (Å²) in [5, 5.41) is 12.0. The van der Waals surface area contributed by atoms with E-state index in [2.05, 4.69) is 5.32 Å². The Kier molecular flexibility index (Phi) is 5.31. The van der Waals surface area contributed by atoms with Crippen molar-refractivity contribution < 1.29 is 19.4 Å². The predicted octanol–water partition coefficient (Wildman–Crippen LogP) is 0.323. The molecule has 0 radical (unpaired) electrons. The van der Waals surface area contributed by atoms with Crippen molar-refractivity contribution >= 4 is 11.9 Å². The van der Waals surface area contributed by atoms with Gasteiger partial charge in [-0.2, -0.15) is 0 Å². The van der Waals surface area contributed by atoms with Crippen LogP contribution in [-0.4, -0.2) is 60.3 Å². The van der Waals surface area contributed by atoms with E-state index in [0.717, 1.165) is 6.42 Å². The average molecular weight is 272 g/mol. The van der Waals surface area contributed by atoms with Gasteiger partial charge in [0.25, 0.3) is 0 Å². The third kappa shape index (κ3) is 4.47. The summed E-state index contributed by atoms with van der Waals surface area (Å²) in [5.74, 6) is -1.52. The molecule has 1 fully saturated rings. The van der Waals surface area contributed by atoms with Crippen LogP contribution in [-0.2, 0) is 14.3 Å². The molecule has 0 spiro atoms. The maximum atomic E-state index is 11.9. The summed E-state index contributed by atoms with van der Waals surface area (Å²) in [7, 11) is 1.76. The Labute approximate surface area is 114 Å². The van der Waals surface area contributed by atoms with E-state index in [1.54, 1.807) is 11.9 Å². The lowest BCUT2D eigenvalue weighted by molar-refractivity contribution is -0.143. The first-order chi connectivity index (χ1) is 8.76. The summed E-state index contributed by atoms with van der Waals surface area (Å²) >= 11 is 0. The minimum atomic E-state index is -0.872. The molecule has 2 unspecified atom stereocenters. The van der Waals surface area contributed by atoms with Crippen molar-refractivity contribution in [3.63, 3.8) is 0 Å². The molecule has 1 saturated heterocycles. The van der Waals surface area contributed by atoms with Crippen LogP contribution in [0, 0.1) is 5.92 Å². The van der Waals surface area contributed by atoms with E-state index < -0.39 is 11.9 Å². The van der Waals surface area contributed by atoms with Crippen LogP contribution in [0.25, 0.3) is 0 Å². The van der Waals surface area contributed by atoms with E-state index >= 15 is 0 Å². The fourth-order valence-corrected chi connectivity index (χ4v) is 2.06. The predicted molar refractivity (Wildman–Crippen MR) is 70.9 cm³/mol. The van der Waals surface area contributed by atoms with E-state index in [1.807, 2.05) is 20.8 Å². The Bertz CT molecular complexity index is 344. The Morgan fingerprint density at radius 2 is 2.05 bits per heavy atom. The molecule has 110 valence electrons. The number of hydrogen-bond donors (Lipinski definition) is 2. The van der Waals surface area contributed by atoms with Crippen molar-refractivity contribution in [2.75, 3.05) is 26.8 Å². The summed E-state index contributed by atoms with van der Waals surface area (Å²) in [5.41, 5.74) is -0.240. The van der Waals surface area contributed by atoms with Crippen LogP contribution in [0.1, 0.15) is 27.2 Å². The molecule has 19 heavy (non-hydrogen) atoms. The molecule has 2 atom stereocenters. The molecule has 1 aliphatic rings. The number of amides is 1. The fraction of sp³-hybridized carbons (Fsp3) is 0.846. The number of likely N-dealkylation sites (N-methyl/N-ethyl adjacent to an activating group) is 1. The highest BCUT2D eigenvalue weighted by atomic mass is 16.5. The number of aliphatic carboxylic acids is 1. The topological polar surface area (TPSA) is 78.9 Å². The van der Waals surface area contributed by atoms with Crippen LogP contribution in [0.5, 0.6) is 0 Å². The highest BCUT2D eigenvalue weighted by Crippen LogP contribution is 2.18. The first kappa shape index (κ1) is 15.9. The summed E-state index contributed by atoms with van der Waals surface area (Å²) in [4.78, 5) is 24.7. The largest absolute Gasteiger partial charge is 0.481 e. The molecule has 1 amide bonds. The van der Waals surface area contributed by atoms with Crippen LogP contribution in [0.3, 0.4) is 0 Å². The molecule has 1 heterocycles. The number of rotatable bonds is 6. The maximum Gasteiger partial charge on any atom is 0.310 e. The summed E-state index contributed by atoms with van der Waals surface area (Å²) in [6, 6.07) is -0.243. The van der Waals surface area contributed by atoms with Gasteiger partial charge in [-0.15, -0.1) is 0 Å². The first-order valence-corrected chi connectivity index (χ1v) is 6.58. The van der Waals surface area contributed by atoms with Gasteiger partial charge in [-0.05, 0) is 27.3 Å². The third-order valence-corrected chi connectivity index (χ3v) is 3.69. The van der Waals surface area contributed by atoms with E-state index in [1.165, 1.54) is 0 Å². The fourth-order valence-electron chi connectivity index (χ4n) is 2.06. The second-order valence-electron chi connectivity index (χ2n) is 5.75. The van der Waals surface area contributed by atoms with Gasteiger partial charge in [0.05, 0.1) is 25.7 Å². The highest BCUT2D eigenvalue weighted by Gasteiger charge is 2.37. The Morgan fingerprint density at radius 3 is 2.58 bits per heavy atom. The molecule has 0 aromatic heterocycles. The standard InChI is InChI=1S/C13H24N2O4/c1-5-13(2,3)14-11(16)6-15(4)10-8-19-7-9(10)12(17)18/h9-10H,5-8H2,1-4H3,(H,14,16)(H,17,18). The molecule has 0 aromatic carbocycles. The van der Waals surface area contributed by atoms with Crippen molar-refractivity contribution in [1.82, 2.24) is 10.2 Å². The average Bonchev–Trinajstić information content (AvgIpc) is 2.76. The van der Waals surface area contributed by atoms with Crippen LogP contribution in [0.4, 0.5) is 0 Å². The molecule has 2 N–H and O–H groups in total. The first-order valence-electron chi connectivity index (χ1n) is 6.58. The van der Waals surface area contributed by atoms with E-state index in [-0.39, 0.29) is 30.6 Å². The second kappa shape index (κ2) is 6.34. The van der Waals surface area contributed by atoms with Gasteiger partial charge >= 0.3 is 5.97 Å². The minimum Gasteiger partial charge on any atom is -0.481 e. The zero-order valence-electron chi connectivity index (χ0n) is 12.1. The molecule has 0 bridgehead atoms. The molecular formula is C13H24N2O4. The van der Waals surface area contributed by atoms with E-state index in [4.69, 9.17) is 9.84 Å². The summed E-state index contributed by atoms with van der Waals surface area (Å²) in [6.45, 7) is 6.69. The van der Waals surface area contributed by atoms with Gasteiger partial charge in [0.2, 0.25) is 5.91 Å². The van der Waals surface area contributed by atoms with E-state index in [0.29, 0.717) is 6.61 Å². The monoisotopic (exact) mass is 272 g/mol. The Morgan fingerprint density at radius 1 is 1.42 bits per heavy atom. The third-order valence-electron chi connectivity index (χ3n) is 3.69. The van der Waals surface area contributed by atoms with Gasteiger partial charge in [-0.3, -0.25) is 14.5 Å². The number of nitrogens with zero attached hydrogens (tertiary/aromatic N) is 1. The van der Waals surface area contributed by atoms with Crippen molar-refractivity contribution in [1.29, 1.82) is 0 Å². The number of carboxylic acid groups (broad SMARTS) is 1. The van der Waals surface area contributed by atoms with Gasteiger partial charge in [-0.25, -0.2) is 0 Å².